The lowest BCUT2D eigenvalue weighted by atomic mass is 9.86. The summed E-state index contributed by atoms with van der Waals surface area (Å²) in [5.74, 6) is 0.582. The summed E-state index contributed by atoms with van der Waals surface area (Å²) >= 11 is 0. The first-order valence-corrected chi connectivity index (χ1v) is 9.37. The molecule has 0 spiro atoms. The number of rotatable bonds is 8. The van der Waals surface area contributed by atoms with Crippen LogP contribution >= 0.6 is 0 Å². The topological polar surface area (TPSA) is 58.2 Å². The molecule has 2 rings (SSSR count). The van der Waals surface area contributed by atoms with Gasteiger partial charge in [0.15, 0.2) is 0 Å². The Bertz CT molecular complexity index is 536. The summed E-state index contributed by atoms with van der Waals surface area (Å²) in [5.41, 5.74) is 1.15. The zero-order valence-electron chi connectivity index (χ0n) is 14.8. The van der Waals surface area contributed by atoms with Crippen molar-refractivity contribution in [1.82, 2.24) is 5.32 Å². The lowest BCUT2D eigenvalue weighted by Crippen LogP contribution is -2.26. The Morgan fingerprint density at radius 1 is 1.12 bits per heavy atom. The van der Waals surface area contributed by atoms with Crippen LogP contribution in [-0.2, 0) is 4.79 Å². The van der Waals surface area contributed by atoms with Crippen LogP contribution in [0.5, 0.6) is 0 Å². The molecule has 132 valence electrons. The summed E-state index contributed by atoms with van der Waals surface area (Å²) in [4.78, 5) is 24.5. The Morgan fingerprint density at radius 2 is 1.88 bits per heavy atom. The fourth-order valence-electron chi connectivity index (χ4n) is 3.29. The van der Waals surface area contributed by atoms with E-state index in [9.17, 15) is 9.59 Å². The van der Waals surface area contributed by atoms with Crippen LogP contribution in [-0.4, -0.2) is 18.4 Å². The maximum Gasteiger partial charge on any atom is 0.253 e. The summed E-state index contributed by atoms with van der Waals surface area (Å²) in [6, 6.07) is 7.23. The molecule has 1 aliphatic rings. The van der Waals surface area contributed by atoms with Crippen LogP contribution in [0.1, 0.15) is 75.1 Å². The fourth-order valence-corrected chi connectivity index (χ4v) is 3.29. The summed E-state index contributed by atoms with van der Waals surface area (Å²) in [6.07, 6.45) is 9.94. The van der Waals surface area contributed by atoms with Crippen molar-refractivity contribution < 1.29 is 9.59 Å². The summed E-state index contributed by atoms with van der Waals surface area (Å²) in [6.45, 7) is 2.76. The predicted octanol–water partition coefficient (Wildman–Crippen LogP) is 4.52. The highest BCUT2D eigenvalue weighted by Crippen LogP contribution is 2.27. The molecule has 0 aromatic heterocycles. The predicted molar refractivity (Wildman–Crippen MR) is 98.1 cm³/mol. The monoisotopic (exact) mass is 330 g/mol. The van der Waals surface area contributed by atoms with Crippen molar-refractivity contribution in [3.05, 3.63) is 29.8 Å². The molecule has 1 saturated carbocycles. The van der Waals surface area contributed by atoms with Crippen molar-refractivity contribution in [1.29, 1.82) is 0 Å². The molecule has 0 unspecified atom stereocenters. The number of carbonyl (C=O) groups is 2. The number of anilines is 1. The summed E-state index contributed by atoms with van der Waals surface area (Å²) in [7, 11) is 0. The van der Waals surface area contributed by atoms with Crippen LogP contribution in [0.25, 0.3) is 0 Å². The van der Waals surface area contributed by atoms with E-state index in [4.69, 9.17) is 0 Å². The van der Waals surface area contributed by atoms with Crippen molar-refractivity contribution in [2.24, 2.45) is 5.92 Å². The second kappa shape index (κ2) is 10.1. The van der Waals surface area contributed by atoms with Gasteiger partial charge in [0.25, 0.3) is 5.91 Å². The van der Waals surface area contributed by atoms with E-state index in [2.05, 4.69) is 17.6 Å². The first kappa shape index (κ1) is 18.5. The number of benzene rings is 1. The van der Waals surface area contributed by atoms with Crippen LogP contribution in [0, 0.1) is 5.92 Å². The van der Waals surface area contributed by atoms with Crippen LogP contribution < -0.4 is 10.6 Å². The van der Waals surface area contributed by atoms with E-state index < -0.39 is 0 Å². The average molecular weight is 330 g/mol. The van der Waals surface area contributed by atoms with Gasteiger partial charge in [0.05, 0.1) is 11.3 Å². The Kier molecular flexibility index (Phi) is 7.80. The number of para-hydroxylation sites is 1. The Morgan fingerprint density at radius 3 is 2.62 bits per heavy atom. The molecule has 1 aromatic rings. The van der Waals surface area contributed by atoms with Gasteiger partial charge in [0, 0.05) is 13.0 Å². The standard InChI is InChI=1S/C20H30N2O2/c1-2-3-15-21-20(24)17-11-7-8-12-18(17)22-19(23)14-13-16-9-5-4-6-10-16/h7-8,11-12,16H,2-6,9-10,13-15H2,1H3,(H,21,24)(H,22,23). The summed E-state index contributed by atoms with van der Waals surface area (Å²) < 4.78 is 0. The first-order valence-electron chi connectivity index (χ1n) is 9.37. The van der Waals surface area contributed by atoms with E-state index in [0.717, 1.165) is 19.3 Å². The second-order valence-corrected chi connectivity index (χ2v) is 6.75. The van der Waals surface area contributed by atoms with E-state index in [-0.39, 0.29) is 11.8 Å². The first-order chi connectivity index (χ1) is 11.7. The Hall–Kier alpha value is -1.84. The van der Waals surface area contributed by atoms with Crippen LogP contribution in [0.3, 0.4) is 0 Å². The number of unbranched alkanes of at least 4 members (excludes halogenated alkanes) is 1. The molecular weight excluding hydrogens is 300 g/mol. The van der Waals surface area contributed by atoms with Crippen LogP contribution in [0.2, 0.25) is 0 Å². The molecular formula is C20H30N2O2. The third-order valence-electron chi connectivity index (χ3n) is 4.77. The molecule has 4 heteroatoms. The lowest BCUT2D eigenvalue weighted by molar-refractivity contribution is -0.116. The molecule has 0 bridgehead atoms. The van der Waals surface area contributed by atoms with Crippen molar-refractivity contribution >= 4 is 17.5 Å². The smallest absolute Gasteiger partial charge is 0.253 e. The van der Waals surface area contributed by atoms with E-state index in [0.29, 0.717) is 30.1 Å². The Labute approximate surface area is 145 Å². The third-order valence-corrected chi connectivity index (χ3v) is 4.77. The highest BCUT2D eigenvalue weighted by Gasteiger charge is 2.16. The minimum absolute atomic E-state index is 0.00869. The molecule has 1 aliphatic carbocycles. The number of nitrogens with one attached hydrogen (secondary N) is 2. The van der Waals surface area contributed by atoms with Gasteiger partial charge < -0.3 is 10.6 Å². The van der Waals surface area contributed by atoms with Crippen LogP contribution in [0.15, 0.2) is 24.3 Å². The van der Waals surface area contributed by atoms with Gasteiger partial charge in [-0.15, -0.1) is 0 Å². The number of hydrogen-bond acceptors (Lipinski definition) is 2. The van der Waals surface area contributed by atoms with E-state index in [1.807, 2.05) is 12.1 Å². The quantitative estimate of drug-likeness (QED) is 0.689. The highest BCUT2D eigenvalue weighted by molar-refractivity contribution is 6.03. The molecule has 0 heterocycles. The zero-order chi connectivity index (χ0) is 17.2. The molecule has 24 heavy (non-hydrogen) atoms. The van der Waals surface area contributed by atoms with E-state index in [1.54, 1.807) is 12.1 Å². The largest absolute Gasteiger partial charge is 0.352 e. The second-order valence-electron chi connectivity index (χ2n) is 6.75. The van der Waals surface area contributed by atoms with Crippen molar-refractivity contribution in [3.63, 3.8) is 0 Å². The van der Waals surface area contributed by atoms with Crippen LogP contribution in [0.4, 0.5) is 5.69 Å². The van der Waals surface area contributed by atoms with Gasteiger partial charge in [-0.2, -0.15) is 0 Å². The maximum absolute atomic E-state index is 12.3. The SMILES string of the molecule is CCCCNC(=O)c1ccccc1NC(=O)CCC1CCCCC1. The minimum atomic E-state index is -0.119. The maximum atomic E-state index is 12.3. The van der Waals surface area contributed by atoms with Gasteiger partial charge >= 0.3 is 0 Å². The van der Waals surface area contributed by atoms with Gasteiger partial charge in [-0.25, -0.2) is 0 Å². The van der Waals surface area contributed by atoms with Gasteiger partial charge in [0.2, 0.25) is 5.91 Å². The lowest BCUT2D eigenvalue weighted by Gasteiger charge is -2.21. The fraction of sp³-hybridized carbons (Fsp3) is 0.600. The number of amides is 2. The Balaban J connectivity index is 1.86. The average Bonchev–Trinajstić information content (AvgIpc) is 2.61. The molecule has 0 radical (unpaired) electrons. The molecule has 0 atom stereocenters. The molecule has 1 aromatic carbocycles. The molecule has 2 N–H and O–H groups in total. The molecule has 1 fully saturated rings. The molecule has 2 amide bonds. The minimum Gasteiger partial charge on any atom is -0.352 e. The van der Waals surface area contributed by atoms with E-state index >= 15 is 0 Å². The van der Waals surface area contributed by atoms with Gasteiger partial charge in [0.1, 0.15) is 0 Å². The molecule has 0 aliphatic heterocycles. The van der Waals surface area contributed by atoms with Gasteiger partial charge in [-0.1, -0.05) is 57.6 Å². The number of hydrogen-bond donors (Lipinski definition) is 2. The molecule has 0 saturated heterocycles. The van der Waals surface area contributed by atoms with E-state index in [1.165, 1.54) is 32.1 Å². The van der Waals surface area contributed by atoms with Crippen molar-refractivity contribution in [2.45, 2.75) is 64.7 Å². The number of carbonyl (C=O) groups excluding carboxylic acids is 2. The van der Waals surface area contributed by atoms with Gasteiger partial charge in [-0.05, 0) is 30.9 Å². The normalized spacial score (nSPS) is 15.0. The summed E-state index contributed by atoms with van der Waals surface area (Å²) in [5, 5.41) is 5.83. The molecule has 4 nitrogen and oxygen atoms in total. The highest BCUT2D eigenvalue weighted by atomic mass is 16.2. The van der Waals surface area contributed by atoms with Crippen molar-refractivity contribution in [3.8, 4) is 0 Å². The zero-order valence-corrected chi connectivity index (χ0v) is 14.8. The third kappa shape index (κ3) is 5.99. The van der Waals surface area contributed by atoms with Gasteiger partial charge in [-0.3, -0.25) is 9.59 Å². The van der Waals surface area contributed by atoms with Crippen molar-refractivity contribution in [2.75, 3.05) is 11.9 Å².